The van der Waals surface area contributed by atoms with Gasteiger partial charge >= 0.3 is 0 Å². The quantitative estimate of drug-likeness (QED) is 0.765. The van der Waals surface area contributed by atoms with Crippen LogP contribution in [0.15, 0.2) is 35.2 Å². The molecule has 0 atom stereocenters. The maximum absolute atomic E-state index is 12.8. The fraction of sp³-hybridized carbons (Fsp3) is 0.312. The molecule has 1 aromatic carbocycles. The molecule has 0 aliphatic carbocycles. The fourth-order valence-electron chi connectivity index (χ4n) is 2.69. The molecular formula is C16H16Cl2N2O3S2. The first-order chi connectivity index (χ1) is 11.8. The Balaban J connectivity index is 1.75. The summed E-state index contributed by atoms with van der Waals surface area (Å²) in [5.74, 6) is -0.0640. The summed E-state index contributed by atoms with van der Waals surface area (Å²) in [6.45, 7) is 3.02. The molecule has 0 saturated carbocycles. The summed E-state index contributed by atoms with van der Waals surface area (Å²) in [5, 5.41) is 0.195. The largest absolute Gasteiger partial charge is 0.335 e. The van der Waals surface area contributed by atoms with Crippen LogP contribution in [0.3, 0.4) is 0 Å². The summed E-state index contributed by atoms with van der Waals surface area (Å²) in [6.07, 6.45) is 0. The van der Waals surface area contributed by atoms with Gasteiger partial charge in [-0.05, 0) is 31.2 Å². The Hall–Kier alpha value is -1.12. The number of carbonyl (C=O) groups is 1. The molecule has 9 heteroatoms. The summed E-state index contributed by atoms with van der Waals surface area (Å²) >= 11 is 13.5. The predicted octanol–water partition coefficient (Wildman–Crippen LogP) is 3.51. The Bertz CT molecular complexity index is 884. The van der Waals surface area contributed by atoms with E-state index in [1.165, 1.54) is 27.8 Å². The van der Waals surface area contributed by atoms with E-state index in [2.05, 4.69) is 0 Å². The number of aryl methyl sites for hydroxylation is 1. The SMILES string of the molecule is Cc1ccc(C(=O)N2CCN(S(=O)(=O)c3c(Cl)cccc3Cl)CC2)s1. The maximum atomic E-state index is 12.8. The van der Waals surface area contributed by atoms with Crippen LogP contribution < -0.4 is 0 Å². The Morgan fingerprint density at radius 3 is 2.16 bits per heavy atom. The maximum Gasteiger partial charge on any atom is 0.264 e. The van der Waals surface area contributed by atoms with E-state index in [-0.39, 0.29) is 33.9 Å². The predicted molar refractivity (Wildman–Crippen MR) is 100 cm³/mol. The van der Waals surface area contributed by atoms with Gasteiger partial charge in [-0.25, -0.2) is 8.42 Å². The number of amides is 1. The van der Waals surface area contributed by atoms with Crippen molar-refractivity contribution < 1.29 is 13.2 Å². The van der Waals surface area contributed by atoms with Crippen LogP contribution in [0, 0.1) is 6.92 Å². The Morgan fingerprint density at radius 2 is 1.64 bits per heavy atom. The average molecular weight is 419 g/mol. The smallest absolute Gasteiger partial charge is 0.264 e. The van der Waals surface area contributed by atoms with Gasteiger partial charge in [0.1, 0.15) is 4.90 Å². The second-order valence-electron chi connectivity index (χ2n) is 5.66. The van der Waals surface area contributed by atoms with Crippen molar-refractivity contribution in [2.75, 3.05) is 26.2 Å². The lowest BCUT2D eigenvalue weighted by Gasteiger charge is -2.34. The number of thiophene rings is 1. The highest BCUT2D eigenvalue weighted by molar-refractivity contribution is 7.89. The molecule has 2 heterocycles. The molecule has 1 fully saturated rings. The van der Waals surface area contributed by atoms with Crippen molar-refractivity contribution in [2.45, 2.75) is 11.8 Å². The summed E-state index contributed by atoms with van der Waals surface area (Å²) in [6, 6.07) is 8.30. The Labute approximate surface area is 160 Å². The van der Waals surface area contributed by atoms with Crippen molar-refractivity contribution in [3.63, 3.8) is 0 Å². The lowest BCUT2D eigenvalue weighted by molar-refractivity contribution is 0.0703. The minimum atomic E-state index is -3.80. The topological polar surface area (TPSA) is 57.7 Å². The third-order valence-corrected chi connectivity index (χ3v) is 7.84. The van der Waals surface area contributed by atoms with Crippen LogP contribution in [0.1, 0.15) is 14.5 Å². The third-order valence-electron chi connectivity index (χ3n) is 3.99. The molecule has 2 aromatic rings. The molecule has 1 amide bonds. The van der Waals surface area contributed by atoms with E-state index < -0.39 is 10.0 Å². The minimum absolute atomic E-state index is 0.0640. The number of hydrogen-bond donors (Lipinski definition) is 0. The molecule has 0 spiro atoms. The molecule has 0 N–H and O–H groups in total. The van der Waals surface area contributed by atoms with Crippen molar-refractivity contribution in [3.05, 3.63) is 50.1 Å². The van der Waals surface area contributed by atoms with Crippen molar-refractivity contribution in [1.82, 2.24) is 9.21 Å². The summed E-state index contributed by atoms with van der Waals surface area (Å²) in [4.78, 5) is 15.8. The van der Waals surface area contributed by atoms with Crippen molar-refractivity contribution in [1.29, 1.82) is 0 Å². The van der Waals surface area contributed by atoms with Crippen LogP contribution in [-0.4, -0.2) is 49.7 Å². The van der Waals surface area contributed by atoms with Crippen LogP contribution in [0.25, 0.3) is 0 Å². The van der Waals surface area contributed by atoms with Gasteiger partial charge < -0.3 is 4.90 Å². The van der Waals surface area contributed by atoms with Gasteiger partial charge in [-0.3, -0.25) is 4.79 Å². The highest BCUT2D eigenvalue weighted by Crippen LogP contribution is 2.32. The lowest BCUT2D eigenvalue weighted by Crippen LogP contribution is -2.50. The minimum Gasteiger partial charge on any atom is -0.335 e. The van der Waals surface area contributed by atoms with Crippen LogP contribution in [0.5, 0.6) is 0 Å². The van der Waals surface area contributed by atoms with Gasteiger partial charge in [0.15, 0.2) is 0 Å². The zero-order valence-electron chi connectivity index (χ0n) is 13.4. The highest BCUT2D eigenvalue weighted by atomic mass is 35.5. The fourth-order valence-corrected chi connectivity index (χ4v) is 6.04. The summed E-state index contributed by atoms with van der Waals surface area (Å²) < 4.78 is 27.0. The molecule has 1 aromatic heterocycles. The van der Waals surface area contributed by atoms with Gasteiger partial charge in [0.2, 0.25) is 10.0 Å². The summed E-state index contributed by atoms with van der Waals surface area (Å²) in [7, 11) is -3.80. The summed E-state index contributed by atoms with van der Waals surface area (Å²) in [5.41, 5.74) is 0. The number of hydrogen-bond acceptors (Lipinski definition) is 4. The van der Waals surface area contributed by atoms with Crippen molar-refractivity contribution in [3.8, 4) is 0 Å². The molecule has 1 aliphatic rings. The van der Waals surface area contributed by atoms with Gasteiger partial charge in [-0.1, -0.05) is 29.3 Å². The van der Waals surface area contributed by atoms with Crippen molar-refractivity contribution in [2.24, 2.45) is 0 Å². The van der Waals surface area contributed by atoms with Gasteiger partial charge in [0.05, 0.1) is 14.9 Å². The molecule has 1 aliphatic heterocycles. The van der Waals surface area contributed by atoms with Crippen LogP contribution in [-0.2, 0) is 10.0 Å². The first-order valence-corrected chi connectivity index (χ1v) is 10.6. The second-order valence-corrected chi connectivity index (χ2v) is 9.63. The van der Waals surface area contributed by atoms with Crippen molar-refractivity contribution >= 4 is 50.5 Å². The number of nitrogens with zero attached hydrogens (tertiary/aromatic N) is 2. The second kappa shape index (κ2) is 7.25. The highest BCUT2D eigenvalue weighted by Gasteiger charge is 2.33. The standard InChI is InChI=1S/C16H16Cl2N2O3S2/c1-11-5-6-14(24-11)16(21)19-7-9-20(10-8-19)25(22,23)15-12(17)3-2-4-13(15)18/h2-6H,7-10H2,1H3. The Morgan fingerprint density at radius 1 is 1.04 bits per heavy atom. The number of carbonyl (C=O) groups excluding carboxylic acids is 1. The number of rotatable bonds is 3. The molecule has 1 saturated heterocycles. The number of benzene rings is 1. The molecule has 0 unspecified atom stereocenters. The Kier molecular flexibility index (Phi) is 5.41. The molecular weight excluding hydrogens is 403 g/mol. The van der Waals surface area contributed by atoms with Crippen LogP contribution >= 0.6 is 34.5 Å². The zero-order valence-corrected chi connectivity index (χ0v) is 16.6. The van der Waals surface area contributed by atoms with Gasteiger partial charge in [0.25, 0.3) is 5.91 Å². The van der Waals surface area contributed by atoms with Crippen LogP contribution in [0.2, 0.25) is 10.0 Å². The van der Waals surface area contributed by atoms with Crippen LogP contribution in [0.4, 0.5) is 0 Å². The normalized spacial score (nSPS) is 16.2. The average Bonchev–Trinajstić information content (AvgIpc) is 3.00. The zero-order chi connectivity index (χ0) is 18.2. The first-order valence-electron chi connectivity index (χ1n) is 7.60. The van der Waals surface area contributed by atoms with Gasteiger partial charge in [-0.2, -0.15) is 4.31 Å². The monoisotopic (exact) mass is 418 g/mol. The third kappa shape index (κ3) is 3.71. The molecule has 3 rings (SSSR count). The molecule has 5 nitrogen and oxygen atoms in total. The van der Waals surface area contributed by atoms with E-state index in [4.69, 9.17) is 23.2 Å². The molecule has 134 valence electrons. The van der Waals surface area contributed by atoms with E-state index in [1.54, 1.807) is 17.0 Å². The van der Waals surface area contributed by atoms with E-state index >= 15 is 0 Å². The van der Waals surface area contributed by atoms with Gasteiger partial charge in [0, 0.05) is 31.1 Å². The lowest BCUT2D eigenvalue weighted by atomic mass is 10.3. The van der Waals surface area contributed by atoms with E-state index in [0.29, 0.717) is 18.0 Å². The number of halogens is 2. The molecule has 0 radical (unpaired) electrons. The van der Waals surface area contributed by atoms with E-state index in [1.807, 2.05) is 13.0 Å². The number of piperazine rings is 1. The van der Waals surface area contributed by atoms with Gasteiger partial charge in [-0.15, -0.1) is 11.3 Å². The molecule has 25 heavy (non-hydrogen) atoms. The number of sulfonamides is 1. The van der Waals surface area contributed by atoms with E-state index in [0.717, 1.165) is 4.88 Å². The molecule has 0 bridgehead atoms. The first kappa shape index (κ1) is 18.7. The van der Waals surface area contributed by atoms with E-state index in [9.17, 15) is 13.2 Å².